The van der Waals surface area contributed by atoms with E-state index in [4.69, 9.17) is 16.3 Å². The van der Waals surface area contributed by atoms with Crippen LogP contribution in [0.15, 0.2) is 66.0 Å². The number of hydrogen-bond donors (Lipinski definition) is 1. The van der Waals surface area contributed by atoms with E-state index in [1.165, 1.54) is 11.3 Å². The molecule has 1 heterocycles. The molecule has 1 aromatic heterocycles. The van der Waals surface area contributed by atoms with Crippen molar-refractivity contribution in [2.24, 2.45) is 0 Å². The van der Waals surface area contributed by atoms with Gasteiger partial charge in [-0.2, -0.15) is 0 Å². The van der Waals surface area contributed by atoms with Crippen molar-refractivity contribution in [2.45, 2.75) is 0 Å². The monoisotopic (exact) mass is 357 g/mol. The fraction of sp³-hybridized carbons (Fsp3) is 0. The Morgan fingerprint density at radius 3 is 2.46 bits per heavy atom. The summed E-state index contributed by atoms with van der Waals surface area (Å²) in [5, 5.41) is 5.09. The predicted octanol–water partition coefficient (Wildman–Crippen LogP) is 4.87. The van der Waals surface area contributed by atoms with Crippen molar-refractivity contribution in [1.82, 2.24) is 0 Å². The molecule has 0 bridgehead atoms. The number of carbonyl (C=O) groups excluding carboxylic acids is 2. The maximum atomic E-state index is 12.0. The van der Waals surface area contributed by atoms with E-state index in [9.17, 15) is 9.59 Å². The van der Waals surface area contributed by atoms with Crippen LogP contribution in [0.4, 0.5) is 5.69 Å². The zero-order chi connectivity index (χ0) is 16.9. The van der Waals surface area contributed by atoms with Gasteiger partial charge in [-0.1, -0.05) is 23.7 Å². The van der Waals surface area contributed by atoms with E-state index >= 15 is 0 Å². The molecule has 0 atom stereocenters. The molecule has 0 aliphatic heterocycles. The second-order valence-electron chi connectivity index (χ2n) is 4.86. The normalized spacial score (nSPS) is 10.2. The first-order chi connectivity index (χ1) is 11.6. The van der Waals surface area contributed by atoms with E-state index < -0.39 is 5.97 Å². The molecule has 0 aliphatic rings. The van der Waals surface area contributed by atoms with Crippen molar-refractivity contribution < 1.29 is 14.3 Å². The first kappa shape index (κ1) is 16.2. The number of thiophene rings is 1. The highest BCUT2D eigenvalue weighted by atomic mass is 35.5. The van der Waals surface area contributed by atoms with Gasteiger partial charge < -0.3 is 10.1 Å². The van der Waals surface area contributed by atoms with Crippen molar-refractivity contribution in [2.75, 3.05) is 5.32 Å². The Labute approximate surface area is 147 Å². The number of nitrogens with one attached hydrogen (secondary N) is 1. The highest BCUT2D eigenvalue weighted by Gasteiger charge is 2.10. The molecular weight excluding hydrogens is 346 g/mol. The molecule has 6 heteroatoms. The molecule has 1 N–H and O–H groups in total. The first-order valence-electron chi connectivity index (χ1n) is 7.04. The molecule has 0 aliphatic carbocycles. The Hall–Kier alpha value is -2.63. The second-order valence-corrected chi connectivity index (χ2v) is 6.24. The molecule has 0 fully saturated rings. The van der Waals surface area contributed by atoms with E-state index in [1.54, 1.807) is 54.6 Å². The van der Waals surface area contributed by atoms with Gasteiger partial charge in [-0.05, 0) is 53.9 Å². The van der Waals surface area contributed by atoms with Crippen LogP contribution in [0.2, 0.25) is 5.02 Å². The van der Waals surface area contributed by atoms with Gasteiger partial charge in [0, 0.05) is 10.7 Å². The van der Waals surface area contributed by atoms with Gasteiger partial charge in [0.25, 0.3) is 5.91 Å². The summed E-state index contributed by atoms with van der Waals surface area (Å²) in [5.74, 6) is -0.282. The van der Waals surface area contributed by atoms with E-state index in [-0.39, 0.29) is 5.91 Å². The largest absolute Gasteiger partial charge is 0.423 e. The number of ether oxygens (including phenoxy) is 1. The van der Waals surface area contributed by atoms with Gasteiger partial charge in [0.1, 0.15) is 5.75 Å². The topological polar surface area (TPSA) is 55.4 Å². The van der Waals surface area contributed by atoms with Crippen LogP contribution in [-0.2, 0) is 0 Å². The first-order valence-corrected chi connectivity index (χ1v) is 8.30. The third kappa shape index (κ3) is 4.01. The standard InChI is InChI=1S/C18H12ClNO3S/c19-13-4-1-3-12(11-13)18(22)23-15-8-6-14(7-9-15)20-17(21)16-5-2-10-24-16/h1-11H,(H,20,21). The molecule has 1 amide bonds. The molecular formula is C18H12ClNO3S. The number of anilines is 1. The van der Waals surface area contributed by atoms with Crippen molar-refractivity contribution in [3.8, 4) is 5.75 Å². The van der Waals surface area contributed by atoms with Gasteiger partial charge in [0.2, 0.25) is 0 Å². The summed E-state index contributed by atoms with van der Waals surface area (Å²) in [6.07, 6.45) is 0. The minimum atomic E-state index is -0.493. The Bertz CT molecular complexity index is 860. The summed E-state index contributed by atoms with van der Waals surface area (Å²) in [5.41, 5.74) is 0.994. The maximum Gasteiger partial charge on any atom is 0.343 e. The Balaban J connectivity index is 1.64. The second kappa shape index (κ2) is 7.29. The van der Waals surface area contributed by atoms with Crippen molar-refractivity contribution in [3.05, 3.63) is 81.5 Å². The highest BCUT2D eigenvalue weighted by Crippen LogP contribution is 2.19. The SMILES string of the molecule is O=C(Oc1ccc(NC(=O)c2cccs2)cc1)c1cccc(Cl)c1. The van der Waals surface area contributed by atoms with Crippen LogP contribution in [0.5, 0.6) is 5.75 Å². The van der Waals surface area contributed by atoms with E-state index in [1.807, 2.05) is 11.4 Å². The molecule has 0 spiro atoms. The quantitative estimate of drug-likeness (QED) is 0.535. The molecule has 0 unspecified atom stereocenters. The fourth-order valence-corrected chi connectivity index (χ4v) is 2.80. The summed E-state index contributed by atoms with van der Waals surface area (Å²) in [7, 11) is 0. The van der Waals surface area contributed by atoms with Gasteiger partial charge in [0.15, 0.2) is 0 Å². The average Bonchev–Trinajstić information content (AvgIpc) is 3.11. The Morgan fingerprint density at radius 1 is 1.00 bits per heavy atom. The number of amides is 1. The van der Waals surface area contributed by atoms with Crippen molar-refractivity contribution in [1.29, 1.82) is 0 Å². The number of halogens is 1. The van der Waals surface area contributed by atoms with Crippen molar-refractivity contribution in [3.63, 3.8) is 0 Å². The molecule has 2 aromatic carbocycles. The maximum absolute atomic E-state index is 12.0. The van der Waals surface area contributed by atoms with Gasteiger partial charge in [-0.15, -0.1) is 11.3 Å². The highest BCUT2D eigenvalue weighted by molar-refractivity contribution is 7.12. The van der Waals surface area contributed by atoms with Crippen LogP contribution in [0.25, 0.3) is 0 Å². The third-order valence-electron chi connectivity index (χ3n) is 3.13. The zero-order valence-corrected chi connectivity index (χ0v) is 13.9. The lowest BCUT2D eigenvalue weighted by molar-refractivity contribution is 0.0734. The Kier molecular flexibility index (Phi) is 4.93. The summed E-state index contributed by atoms with van der Waals surface area (Å²) < 4.78 is 5.28. The fourth-order valence-electron chi connectivity index (χ4n) is 1.99. The van der Waals surface area contributed by atoms with Gasteiger partial charge in [0.05, 0.1) is 10.4 Å². The van der Waals surface area contributed by atoms with Gasteiger partial charge in [-0.25, -0.2) is 4.79 Å². The van der Waals surface area contributed by atoms with Crippen LogP contribution < -0.4 is 10.1 Å². The Morgan fingerprint density at radius 2 is 1.79 bits per heavy atom. The molecule has 0 saturated carbocycles. The molecule has 120 valence electrons. The van der Waals surface area contributed by atoms with Gasteiger partial charge >= 0.3 is 5.97 Å². The lowest BCUT2D eigenvalue weighted by atomic mass is 10.2. The predicted molar refractivity (Wildman–Crippen MR) is 95.1 cm³/mol. The molecule has 3 rings (SSSR count). The number of rotatable bonds is 4. The lowest BCUT2D eigenvalue weighted by Gasteiger charge is -2.07. The number of hydrogen-bond acceptors (Lipinski definition) is 4. The van der Waals surface area contributed by atoms with Gasteiger partial charge in [-0.3, -0.25) is 4.79 Å². The van der Waals surface area contributed by atoms with E-state index in [2.05, 4.69) is 5.32 Å². The molecule has 24 heavy (non-hydrogen) atoms. The minimum absolute atomic E-state index is 0.173. The zero-order valence-electron chi connectivity index (χ0n) is 12.4. The third-order valence-corrected chi connectivity index (χ3v) is 4.23. The number of esters is 1. The van der Waals surface area contributed by atoms with Crippen LogP contribution in [0, 0.1) is 0 Å². The minimum Gasteiger partial charge on any atom is -0.423 e. The average molecular weight is 358 g/mol. The molecule has 3 aromatic rings. The number of carbonyl (C=O) groups is 2. The number of benzene rings is 2. The van der Waals surface area contributed by atoms with Crippen LogP contribution in [0.1, 0.15) is 20.0 Å². The van der Waals surface area contributed by atoms with Crippen LogP contribution >= 0.6 is 22.9 Å². The summed E-state index contributed by atoms with van der Waals surface area (Å²) in [6, 6.07) is 16.7. The molecule has 4 nitrogen and oxygen atoms in total. The summed E-state index contributed by atoms with van der Waals surface area (Å²) in [6.45, 7) is 0. The summed E-state index contributed by atoms with van der Waals surface area (Å²) in [4.78, 5) is 24.6. The van der Waals surface area contributed by atoms with E-state index in [0.717, 1.165) is 0 Å². The lowest BCUT2D eigenvalue weighted by Crippen LogP contribution is -2.10. The summed E-state index contributed by atoms with van der Waals surface area (Å²) >= 11 is 7.22. The molecule has 0 saturated heterocycles. The molecule has 0 radical (unpaired) electrons. The van der Waals surface area contributed by atoms with Crippen molar-refractivity contribution >= 4 is 40.5 Å². The van der Waals surface area contributed by atoms with E-state index in [0.29, 0.717) is 26.9 Å². The smallest absolute Gasteiger partial charge is 0.343 e. The van der Waals surface area contributed by atoms with Crippen LogP contribution in [0.3, 0.4) is 0 Å². The van der Waals surface area contributed by atoms with Crippen LogP contribution in [-0.4, -0.2) is 11.9 Å².